The van der Waals surface area contributed by atoms with Crippen molar-refractivity contribution in [2.75, 3.05) is 29.6 Å². The fraction of sp³-hybridized carbons (Fsp3) is 0.296. The predicted octanol–water partition coefficient (Wildman–Crippen LogP) is 3.87. The van der Waals surface area contributed by atoms with E-state index in [-0.39, 0.29) is 17.7 Å². The van der Waals surface area contributed by atoms with E-state index in [0.717, 1.165) is 5.69 Å². The maximum Gasteiger partial charge on any atom is 0.254 e. The number of carbonyl (C=O) groups excluding carboxylic acids is 3. The number of rotatable bonds is 7. The van der Waals surface area contributed by atoms with Crippen LogP contribution in [0.2, 0.25) is 0 Å². The van der Waals surface area contributed by atoms with Crippen LogP contribution in [0.1, 0.15) is 45.7 Å². The average molecular weight is 492 g/mol. The van der Waals surface area contributed by atoms with Crippen molar-refractivity contribution >= 4 is 34.8 Å². The second-order valence-corrected chi connectivity index (χ2v) is 9.33. The van der Waals surface area contributed by atoms with E-state index in [4.69, 9.17) is 0 Å². The maximum atomic E-state index is 13.8. The zero-order valence-electron chi connectivity index (χ0n) is 21.0. The Kier molecular flexibility index (Phi) is 6.83. The number of nitrogens with one attached hydrogen (secondary N) is 4. The minimum absolute atomic E-state index is 0.211. The smallest absolute Gasteiger partial charge is 0.254 e. The molecule has 2 aromatic carbocycles. The number of fused-ring (bicyclic) bond motifs is 1. The zero-order valence-corrected chi connectivity index (χ0v) is 21.0. The normalized spacial score (nSPS) is 15.2. The Morgan fingerprint density at radius 3 is 2.47 bits per heavy atom. The molecule has 0 saturated carbocycles. The van der Waals surface area contributed by atoms with Crippen LogP contribution in [0.3, 0.4) is 0 Å². The topological polar surface area (TPSA) is 106 Å². The molecule has 188 valence electrons. The van der Waals surface area contributed by atoms with Crippen molar-refractivity contribution in [2.24, 2.45) is 0 Å². The molecule has 2 heterocycles. The molecule has 9 heteroatoms. The Hall–Kier alpha value is -4.14. The number of halogens is 1. The molecule has 2 unspecified atom stereocenters. The minimum atomic E-state index is -0.779. The summed E-state index contributed by atoms with van der Waals surface area (Å²) in [5, 5.41) is 8.35. The molecule has 3 amide bonds. The van der Waals surface area contributed by atoms with E-state index in [9.17, 15) is 18.8 Å². The maximum absolute atomic E-state index is 13.8. The Morgan fingerprint density at radius 2 is 1.81 bits per heavy atom. The quantitative estimate of drug-likeness (QED) is 0.403. The van der Waals surface area contributed by atoms with Gasteiger partial charge in [0.1, 0.15) is 11.9 Å². The van der Waals surface area contributed by atoms with Gasteiger partial charge in [0.2, 0.25) is 11.8 Å². The highest BCUT2D eigenvalue weighted by Crippen LogP contribution is 2.36. The number of carbonyl (C=O) groups is 3. The van der Waals surface area contributed by atoms with Crippen LogP contribution in [-0.2, 0) is 16.0 Å². The summed E-state index contributed by atoms with van der Waals surface area (Å²) in [6, 6.07) is 10.8. The third-order valence-corrected chi connectivity index (χ3v) is 6.53. The number of H-pyrrole nitrogens is 1. The highest BCUT2D eigenvalue weighted by atomic mass is 19.1. The lowest BCUT2D eigenvalue weighted by molar-refractivity contribution is -0.118. The summed E-state index contributed by atoms with van der Waals surface area (Å²) in [7, 11) is 3.87. The van der Waals surface area contributed by atoms with Crippen molar-refractivity contribution in [1.82, 2.24) is 10.3 Å². The van der Waals surface area contributed by atoms with E-state index in [0.29, 0.717) is 45.9 Å². The van der Waals surface area contributed by atoms with Gasteiger partial charge in [0.05, 0.1) is 11.5 Å². The van der Waals surface area contributed by atoms with Crippen LogP contribution in [0.15, 0.2) is 42.5 Å². The largest absolute Gasteiger partial charge is 0.378 e. The van der Waals surface area contributed by atoms with Gasteiger partial charge in [0.15, 0.2) is 0 Å². The number of hydrogen-bond acceptors (Lipinski definition) is 4. The molecule has 36 heavy (non-hydrogen) atoms. The summed E-state index contributed by atoms with van der Waals surface area (Å²) >= 11 is 0. The Labute approximate surface area is 209 Å². The molecule has 0 radical (unpaired) electrons. The number of benzene rings is 2. The first-order valence-corrected chi connectivity index (χ1v) is 11.7. The molecule has 1 aliphatic heterocycles. The van der Waals surface area contributed by atoms with Gasteiger partial charge in [-0.3, -0.25) is 14.4 Å². The summed E-state index contributed by atoms with van der Waals surface area (Å²) in [6.45, 7) is 5.18. The first-order valence-electron chi connectivity index (χ1n) is 11.7. The average Bonchev–Trinajstić information content (AvgIpc) is 3.28. The number of nitrogens with zero attached hydrogens (tertiary/aromatic N) is 1. The number of aromatic nitrogens is 1. The van der Waals surface area contributed by atoms with E-state index < -0.39 is 17.8 Å². The van der Waals surface area contributed by atoms with Crippen LogP contribution in [0.25, 0.3) is 0 Å². The number of anilines is 3. The summed E-state index contributed by atoms with van der Waals surface area (Å²) in [5.41, 5.74) is 5.30. The lowest BCUT2D eigenvalue weighted by Gasteiger charge is -2.16. The molecule has 1 aromatic heterocycles. The SMILES string of the molecule is Cc1[nH]c(CC2C(=O)Nc3ccc(F)cc32)c(C)c1C(=O)NC(C)C(=O)Nc1ccc(N(C)C)cc1. The van der Waals surface area contributed by atoms with Gasteiger partial charge >= 0.3 is 0 Å². The monoisotopic (exact) mass is 491 g/mol. The van der Waals surface area contributed by atoms with Crippen molar-refractivity contribution in [3.05, 3.63) is 76.4 Å². The third-order valence-electron chi connectivity index (χ3n) is 6.53. The highest BCUT2D eigenvalue weighted by Gasteiger charge is 2.33. The van der Waals surface area contributed by atoms with Gasteiger partial charge in [-0.2, -0.15) is 0 Å². The van der Waals surface area contributed by atoms with Crippen molar-refractivity contribution < 1.29 is 18.8 Å². The Bertz CT molecular complexity index is 1330. The molecular formula is C27H30FN5O3. The summed E-state index contributed by atoms with van der Waals surface area (Å²) in [4.78, 5) is 43.4. The van der Waals surface area contributed by atoms with Crippen LogP contribution in [0, 0.1) is 19.7 Å². The molecule has 8 nitrogen and oxygen atoms in total. The van der Waals surface area contributed by atoms with Crippen molar-refractivity contribution in [3.8, 4) is 0 Å². The predicted molar refractivity (Wildman–Crippen MR) is 138 cm³/mol. The molecule has 2 atom stereocenters. The number of hydrogen-bond donors (Lipinski definition) is 4. The Balaban J connectivity index is 1.44. The van der Waals surface area contributed by atoms with E-state index in [1.807, 2.05) is 31.1 Å². The molecule has 0 fully saturated rings. The highest BCUT2D eigenvalue weighted by molar-refractivity contribution is 6.04. The second-order valence-electron chi connectivity index (χ2n) is 9.33. The van der Waals surface area contributed by atoms with Crippen molar-refractivity contribution in [3.63, 3.8) is 0 Å². The standard InChI is InChI=1S/C27H30FN5O3/c1-14-23(13-21-20-12-17(28)6-11-22(20)32-26(21)35)29-15(2)24(14)27(36)30-16(3)25(34)31-18-7-9-19(10-8-18)33(4)5/h6-12,16,21,29H,13H2,1-5H3,(H,30,36)(H,31,34)(H,32,35). The van der Waals surface area contributed by atoms with Gasteiger partial charge < -0.3 is 25.8 Å². The van der Waals surface area contributed by atoms with E-state index in [2.05, 4.69) is 20.9 Å². The van der Waals surface area contributed by atoms with E-state index >= 15 is 0 Å². The Morgan fingerprint density at radius 1 is 1.11 bits per heavy atom. The number of aromatic amines is 1. The number of aryl methyl sites for hydroxylation is 1. The van der Waals surface area contributed by atoms with Crippen LogP contribution in [0.4, 0.5) is 21.5 Å². The van der Waals surface area contributed by atoms with Gasteiger partial charge in [-0.05, 0) is 74.4 Å². The second kappa shape index (κ2) is 9.85. The van der Waals surface area contributed by atoms with Crippen LogP contribution in [-0.4, -0.2) is 42.8 Å². The molecular weight excluding hydrogens is 461 g/mol. The molecule has 0 saturated heterocycles. The lowest BCUT2D eigenvalue weighted by Crippen LogP contribution is -2.41. The fourth-order valence-electron chi connectivity index (χ4n) is 4.49. The molecule has 4 rings (SSSR count). The van der Waals surface area contributed by atoms with Crippen LogP contribution in [0.5, 0.6) is 0 Å². The summed E-state index contributed by atoms with van der Waals surface area (Å²) < 4.78 is 13.8. The lowest BCUT2D eigenvalue weighted by atomic mass is 9.94. The van der Waals surface area contributed by atoms with Crippen molar-refractivity contribution in [1.29, 1.82) is 0 Å². The van der Waals surface area contributed by atoms with Gasteiger partial charge in [0, 0.05) is 49.0 Å². The first-order chi connectivity index (χ1) is 17.0. The third kappa shape index (κ3) is 4.95. The molecule has 0 aliphatic carbocycles. The summed E-state index contributed by atoms with van der Waals surface area (Å²) in [6.07, 6.45) is 0.293. The minimum Gasteiger partial charge on any atom is -0.378 e. The molecule has 3 aromatic rings. The van der Waals surface area contributed by atoms with Gasteiger partial charge in [-0.1, -0.05) is 0 Å². The van der Waals surface area contributed by atoms with Gasteiger partial charge in [-0.25, -0.2) is 4.39 Å². The van der Waals surface area contributed by atoms with Crippen molar-refractivity contribution in [2.45, 2.75) is 39.2 Å². The summed E-state index contributed by atoms with van der Waals surface area (Å²) in [5.74, 6) is -1.91. The fourth-order valence-corrected chi connectivity index (χ4v) is 4.49. The molecule has 0 spiro atoms. The molecule has 0 bridgehead atoms. The van der Waals surface area contributed by atoms with Crippen LogP contribution < -0.4 is 20.9 Å². The van der Waals surface area contributed by atoms with E-state index in [1.54, 1.807) is 39.0 Å². The number of amides is 3. The van der Waals surface area contributed by atoms with Gasteiger partial charge in [0.25, 0.3) is 5.91 Å². The molecule has 4 N–H and O–H groups in total. The van der Waals surface area contributed by atoms with Gasteiger partial charge in [-0.15, -0.1) is 0 Å². The van der Waals surface area contributed by atoms with Crippen LogP contribution >= 0.6 is 0 Å². The zero-order chi connectivity index (χ0) is 26.1. The van der Waals surface area contributed by atoms with E-state index in [1.165, 1.54) is 12.1 Å². The molecule has 1 aliphatic rings. The first kappa shape index (κ1) is 25.0.